The summed E-state index contributed by atoms with van der Waals surface area (Å²) < 4.78 is 28.1. The van der Waals surface area contributed by atoms with Gasteiger partial charge in [-0.15, -0.1) is 0 Å². The Bertz CT molecular complexity index is 1360. The number of hydrogen-bond donors (Lipinski definition) is 4. The van der Waals surface area contributed by atoms with Crippen molar-refractivity contribution in [2.24, 2.45) is 0 Å². The molecule has 0 radical (unpaired) electrons. The van der Waals surface area contributed by atoms with Crippen molar-refractivity contribution in [1.29, 1.82) is 0 Å². The van der Waals surface area contributed by atoms with Gasteiger partial charge in [-0.3, -0.25) is 4.79 Å². The van der Waals surface area contributed by atoms with Crippen LogP contribution in [0.3, 0.4) is 0 Å². The number of aromatic hydroxyl groups is 2. The minimum absolute atomic E-state index is 0.0818. The number of H-pyrrole nitrogens is 1. The number of nitrogens with zero attached hydrogens (tertiary/aromatic N) is 1. The number of fused-ring (bicyclic) bond motifs is 1. The van der Waals surface area contributed by atoms with Gasteiger partial charge in [-0.1, -0.05) is 43.5 Å². The number of carbonyl (C=O) groups is 1. The second-order valence-electron chi connectivity index (χ2n) is 9.15. The summed E-state index contributed by atoms with van der Waals surface area (Å²) in [5.74, 6) is -1.66. The number of nitrogens with one attached hydrogen (secondary N) is 2. The zero-order chi connectivity index (χ0) is 25.2. The van der Waals surface area contributed by atoms with Crippen molar-refractivity contribution >= 4 is 27.0 Å². The maximum atomic E-state index is 13.3. The molecule has 2 aromatic carbocycles. The monoisotopic (exact) mass is 497 g/mol. The van der Waals surface area contributed by atoms with Gasteiger partial charge in [0.05, 0.1) is 16.6 Å². The highest BCUT2D eigenvalue weighted by Gasteiger charge is 2.30. The Kier molecular flexibility index (Phi) is 7.16. The van der Waals surface area contributed by atoms with E-state index >= 15 is 0 Å². The summed E-state index contributed by atoms with van der Waals surface area (Å²) in [5, 5.41) is 21.7. The van der Waals surface area contributed by atoms with Gasteiger partial charge >= 0.3 is 0 Å². The Hall–Kier alpha value is -3.33. The number of unbranched alkanes of at least 4 members (excludes halogenated alkanes) is 2. The highest BCUT2D eigenvalue weighted by atomic mass is 32.2. The van der Waals surface area contributed by atoms with Crippen molar-refractivity contribution in [2.45, 2.75) is 69.9 Å². The molecule has 8 nitrogen and oxygen atoms in total. The highest BCUT2D eigenvalue weighted by molar-refractivity contribution is 7.89. The van der Waals surface area contributed by atoms with Gasteiger partial charge in [0, 0.05) is 11.5 Å². The number of rotatable bonds is 8. The Morgan fingerprint density at radius 3 is 2.71 bits per heavy atom. The van der Waals surface area contributed by atoms with Gasteiger partial charge < -0.3 is 15.2 Å². The first-order chi connectivity index (χ1) is 16.7. The van der Waals surface area contributed by atoms with Crippen molar-refractivity contribution in [3.8, 4) is 11.5 Å². The minimum atomic E-state index is -4.34. The summed E-state index contributed by atoms with van der Waals surface area (Å²) in [6, 6.07) is 8.32. The number of sulfonamides is 1. The third kappa shape index (κ3) is 5.19. The van der Waals surface area contributed by atoms with Crippen molar-refractivity contribution in [3.05, 3.63) is 58.7 Å². The molecule has 1 aliphatic rings. The molecule has 1 aliphatic carbocycles. The van der Waals surface area contributed by atoms with Crippen molar-refractivity contribution in [2.75, 3.05) is 0 Å². The third-order valence-corrected chi connectivity index (χ3v) is 7.63. The summed E-state index contributed by atoms with van der Waals surface area (Å²) in [5.41, 5.74) is 2.67. The van der Waals surface area contributed by atoms with Crippen LogP contribution < -0.4 is 4.72 Å². The van der Waals surface area contributed by atoms with Crippen LogP contribution in [-0.4, -0.2) is 34.5 Å². The Morgan fingerprint density at radius 2 is 2.00 bits per heavy atom. The van der Waals surface area contributed by atoms with E-state index in [2.05, 4.69) is 14.7 Å². The molecule has 0 bridgehead atoms. The summed E-state index contributed by atoms with van der Waals surface area (Å²) in [6.45, 7) is 4.04. The molecular weight excluding hydrogens is 466 g/mol. The van der Waals surface area contributed by atoms with Gasteiger partial charge in [0.25, 0.3) is 15.9 Å². The largest absolute Gasteiger partial charge is 0.507 e. The first-order valence-corrected chi connectivity index (χ1v) is 13.5. The molecule has 0 fully saturated rings. The number of allylic oxidation sites excluding steroid dienone is 2. The minimum Gasteiger partial charge on any atom is -0.507 e. The van der Waals surface area contributed by atoms with E-state index in [1.165, 1.54) is 6.07 Å². The topological polar surface area (TPSA) is 132 Å². The number of aromatic amines is 1. The first-order valence-electron chi connectivity index (χ1n) is 12.0. The zero-order valence-corrected chi connectivity index (χ0v) is 20.8. The lowest BCUT2D eigenvalue weighted by Crippen LogP contribution is -2.32. The van der Waals surface area contributed by atoms with Crippen molar-refractivity contribution in [1.82, 2.24) is 14.7 Å². The molecule has 4 N–H and O–H groups in total. The summed E-state index contributed by atoms with van der Waals surface area (Å²) >= 11 is 0. The Labute approximate surface area is 205 Å². The fourth-order valence-electron chi connectivity index (χ4n) is 4.72. The molecule has 3 aromatic rings. The van der Waals surface area contributed by atoms with Gasteiger partial charge in [0.2, 0.25) is 5.16 Å². The lowest BCUT2D eigenvalue weighted by molar-refractivity contribution is 0.0977. The van der Waals surface area contributed by atoms with Crippen molar-refractivity contribution < 1.29 is 23.4 Å². The van der Waals surface area contributed by atoms with Gasteiger partial charge in [-0.05, 0) is 62.8 Å². The number of aromatic nitrogens is 2. The maximum absolute atomic E-state index is 13.3. The number of amides is 1. The van der Waals surface area contributed by atoms with E-state index in [0.717, 1.165) is 37.7 Å². The highest BCUT2D eigenvalue weighted by Crippen LogP contribution is 2.44. The Balaban J connectivity index is 1.74. The Morgan fingerprint density at radius 1 is 1.23 bits per heavy atom. The summed E-state index contributed by atoms with van der Waals surface area (Å²) in [7, 11) is -4.34. The molecule has 1 amide bonds. The number of para-hydroxylation sites is 2. The molecule has 0 spiro atoms. The summed E-state index contributed by atoms with van der Waals surface area (Å²) in [4.78, 5) is 20.1. The molecule has 1 atom stereocenters. The van der Waals surface area contributed by atoms with Gasteiger partial charge in [-0.25, -0.2) is 9.71 Å². The fraction of sp³-hybridized carbons (Fsp3) is 0.385. The van der Waals surface area contributed by atoms with E-state index in [0.29, 0.717) is 29.4 Å². The molecule has 1 unspecified atom stereocenters. The summed E-state index contributed by atoms with van der Waals surface area (Å²) in [6.07, 6.45) is 7.53. The number of hydrogen-bond acceptors (Lipinski definition) is 6. The van der Waals surface area contributed by atoms with Crippen LogP contribution >= 0.6 is 0 Å². The van der Waals surface area contributed by atoms with E-state index in [-0.39, 0.29) is 33.7 Å². The van der Waals surface area contributed by atoms with Crippen LogP contribution in [0, 0.1) is 0 Å². The molecule has 1 aromatic heterocycles. The average Bonchev–Trinajstić information content (AvgIpc) is 3.24. The van der Waals surface area contributed by atoms with Gasteiger partial charge in [0.15, 0.2) is 0 Å². The van der Waals surface area contributed by atoms with E-state index in [9.17, 15) is 23.4 Å². The molecule has 35 heavy (non-hydrogen) atoms. The lowest BCUT2D eigenvalue weighted by Gasteiger charge is -2.24. The molecule has 0 aliphatic heterocycles. The van der Waals surface area contributed by atoms with Crippen molar-refractivity contribution in [3.63, 3.8) is 0 Å². The molecule has 0 saturated heterocycles. The number of carbonyl (C=O) groups excluding carboxylic acids is 1. The quantitative estimate of drug-likeness (QED) is 0.255. The van der Waals surface area contributed by atoms with Crippen LogP contribution in [0.25, 0.3) is 11.0 Å². The van der Waals surface area contributed by atoms with E-state index in [1.54, 1.807) is 24.3 Å². The molecular formula is C26H31N3O5S. The van der Waals surface area contributed by atoms with E-state index in [1.807, 2.05) is 19.9 Å². The number of phenols is 2. The molecule has 9 heteroatoms. The smallest absolute Gasteiger partial charge is 0.298 e. The van der Waals surface area contributed by atoms with Crippen LogP contribution in [-0.2, 0) is 16.4 Å². The van der Waals surface area contributed by atoms with Crippen LogP contribution in [0.1, 0.15) is 79.8 Å². The SMILES string of the molecule is CCCCCc1cc(O)c(C2C=C(C)CCC2)c(O)c1C(=O)NS(=O)(=O)c1nc2ccccc2[nH]1. The van der Waals surface area contributed by atoms with E-state index in [4.69, 9.17) is 0 Å². The molecule has 186 valence electrons. The normalized spacial score (nSPS) is 16.3. The maximum Gasteiger partial charge on any atom is 0.298 e. The predicted octanol–water partition coefficient (Wildman–Crippen LogP) is 5.04. The lowest BCUT2D eigenvalue weighted by atomic mass is 9.83. The third-order valence-electron chi connectivity index (χ3n) is 6.47. The second-order valence-corrected chi connectivity index (χ2v) is 10.8. The molecule has 1 heterocycles. The van der Waals surface area contributed by atoms with Crippen LogP contribution in [0.4, 0.5) is 0 Å². The molecule has 4 rings (SSSR count). The van der Waals surface area contributed by atoms with Crippen LogP contribution in [0.2, 0.25) is 0 Å². The fourth-order valence-corrected chi connectivity index (χ4v) is 5.63. The predicted molar refractivity (Wildman–Crippen MR) is 134 cm³/mol. The standard InChI is InChI=1S/C26H31N3O5S/c1-3-4-5-10-18-15-21(30)22(17-11-8-9-16(2)14-17)24(31)23(18)25(32)29-35(33,34)26-27-19-12-6-7-13-20(19)28-26/h6-7,12-15,17,30-31H,3-5,8-11H2,1-2H3,(H,27,28)(H,29,32). The number of benzene rings is 2. The first kappa shape index (κ1) is 24.8. The zero-order valence-electron chi connectivity index (χ0n) is 20.0. The van der Waals surface area contributed by atoms with Gasteiger partial charge in [0.1, 0.15) is 11.5 Å². The van der Waals surface area contributed by atoms with Gasteiger partial charge in [-0.2, -0.15) is 8.42 Å². The number of aryl methyl sites for hydroxylation is 1. The number of phenolic OH excluding ortho intramolecular Hbond substituents is 2. The van der Waals surface area contributed by atoms with Crippen LogP contribution in [0.15, 0.2) is 47.1 Å². The van der Waals surface area contributed by atoms with E-state index < -0.39 is 15.9 Å². The molecule has 0 saturated carbocycles. The number of imidazole rings is 1. The average molecular weight is 498 g/mol. The van der Waals surface area contributed by atoms with Crippen LogP contribution in [0.5, 0.6) is 11.5 Å². The second kappa shape index (κ2) is 10.1.